The monoisotopic (exact) mass is 283 g/mol. The highest BCUT2D eigenvalue weighted by Crippen LogP contribution is 2.24. The van der Waals surface area contributed by atoms with Gasteiger partial charge in [0.05, 0.1) is 5.69 Å². The Morgan fingerprint density at radius 2 is 2.21 bits per heavy atom. The normalized spacial score (nSPS) is 14.2. The average Bonchev–Trinajstić information content (AvgIpc) is 3.06. The Bertz CT molecular complexity index is 483. The number of anilines is 1. The molecular weight excluding hydrogens is 266 g/mol. The number of aromatic nitrogens is 1. The van der Waals surface area contributed by atoms with Gasteiger partial charge in [-0.3, -0.25) is 4.79 Å². The van der Waals surface area contributed by atoms with Crippen LogP contribution in [0.2, 0.25) is 0 Å². The summed E-state index contributed by atoms with van der Waals surface area (Å²) in [5.74, 6) is -0.900. The molecule has 1 aromatic heterocycles. The molecule has 0 bridgehead atoms. The van der Waals surface area contributed by atoms with E-state index in [1.54, 1.807) is 6.92 Å². The van der Waals surface area contributed by atoms with Crippen LogP contribution in [0.4, 0.5) is 5.00 Å². The average molecular weight is 283 g/mol. The number of carboxylic acids is 1. The van der Waals surface area contributed by atoms with E-state index in [9.17, 15) is 9.59 Å². The predicted molar refractivity (Wildman–Crippen MR) is 72.7 cm³/mol. The minimum absolute atomic E-state index is 0.0724. The van der Waals surface area contributed by atoms with E-state index in [4.69, 9.17) is 5.11 Å². The molecule has 0 atom stereocenters. The molecule has 0 spiro atoms. The Kier molecular flexibility index (Phi) is 4.36. The van der Waals surface area contributed by atoms with Crippen molar-refractivity contribution in [3.63, 3.8) is 0 Å². The SMILES string of the molecule is Cc1nsc(NCCCC(=O)NC2CC2)c1C(=O)O. The van der Waals surface area contributed by atoms with Crippen LogP contribution < -0.4 is 10.6 Å². The molecule has 3 N–H and O–H groups in total. The molecule has 6 nitrogen and oxygen atoms in total. The van der Waals surface area contributed by atoms with Gasteiger partial charge in [-0.15, -0.1) is 0 Å². The van der Waals surface area contributed by atoms with E-state index in [1.165, 1.54) is 0 Å². The van der Waals surface area contributed by atoms with Gasteiger partial charge in [0.1, 0.15) is 10.6 Å². The number of carboxylic acid groups (broad SMARTS) is 1. The van der Waals surface area contributed by atoms with Crippen LogP contribution in [-0.4, -0.2) is 33.9 Å². The van der Waals surface area contributed by atoms with E-state index in [-0.39, 0.29) is 11.5 Å². The Balaban J connectivity index is 1.73. The Hall–Kier alpha value is -1.63. The van der Waals surface area contributed by atoms with E-state index in [1.807, 2.05) is 0 Å². The minimum Gasteiger partial charge on any atom is -0.478 e. The largest absolute Gasteiger partial charge is 0.478 e. The Labute approximate surface area is 115 Å². The van der Waals surface area contributed by atoms with Crippen LogP contribution >= 0.6 is 11.5 Å². The molecule has 1 amide bonds. The second kappa shape index (κ2) is 6.01. The van der Waals surface area contributed by atoms with Crippen LogP contribution in [0.15, 0.2) is 0 Å². The van der Waals surface area contributed by atoms with Gasteiger partial charge < -0.3 is 15.7 Å². The number of nitrogens with one attached hydrogen (secondary N) is 2. The van der Waals surface area contributed by atoms with Crippen molar-refractivity contribution in [1.29, 1.82) is 0 Å². The second-order valence-electron chi connectivity index (χ2n) is 4.65. The summed E-state index contributed by atoms with van der Waals surface area (Å²) in [6, 6.07) is 0.392. The lowest BCUT2D eigenvalue weighted by Gasteiger charge is -2.05. The number of carbonyl (C=O) groups is 2. The van der Waals surface area contributed by atoms with Gasteiger partial charge in [-0.25, -0.2) is 4.79 Å². The van der Waals surface area contributed by atoms with E-state index in [0.29, 0.717) is 36.1 Å². The predicted octanol–water partition coefficient (Wildman–Crippen LogP) is 1.62. The smallest absolute Gasteiger partial charge is 0.340 e. The van der Waals surface area contributed by atoms with Gasteiger partial charge in [-0.2, -0.15) is 4.37 Å². The van der Waals surface area contributed by atoms with Gasteiger partial charge in [0.15, 0.2) is 0 Å². The topological polar surface area (TPSA) is 91.3 Å². The van der Waals surface area contributed by atoms with Crippen molar-refractivity contribution >= 4 is 28.4 Å². The van der Waals surface area contributed by atoms with Crippen LogP contribution in [0.1, 0.15) is 41.7 Å². The highest BCUT2D eigenvalue weighted by atomic mass is 32.1. The highest BCUT2D eigenvalue weighted by molar-refractivity contribution is 7.10. The zero-order valence-corrected chi connectivity index (χ0v) is 11.5. The van der Waals surface area contributed by atoms with E-state index < -0.39 is 5.97 Å². The molecule has 1 heterocycles. The molecule has 1 fully saturated rings. The molecule has 0 aliphatic heterocycles. The van der Waals surface area contributed by atoms with Crippen molar-refractivity contribution in [3.8, 4) is 0 Å². The van der Waals surface area contributed by atoms with Gasteiger partial charge in [-0.05, 0) is 37.7 Å². The van der Waals surface area contributed by atoms with E-state index in [2.05, 4.69) is 15.0 Å². The van der Waals surface area contributed by atoms with Crippen molar-refractivity contribution < 1.29 is 14.7 Å². The molecule has 2 rings (SSSR count). The number of aromatic carboxylic acids is 1. The molecule has 19 heavy (non-hydrogen) atoms. The molecule has 1 aliphatic carbocycles. The summed E-state index contributed by atoms with van der Waals surface area (Å²) in [4.78, 5) is 22.5. The van der Waals surface area contributed by atoms with Gasteiger partial charge in [-0.1, -0.05) is 0 Å². The third-order valence-corrected chi connectivity index (χ3v) is 3.78. The summed E-state index contributed by atoms with van der Waals surface area (Å²) in [6.45, 7) is 2.24. The Morgan fingerprint density at radius 3 is 2.84 bits per heavy atom. The molecular formula is C12H17N3O3S. The molecule has 0 saturated heterocycles. The number of amides is 1. The first-order chi connectivity index (χ1) is 9.08. The maximum absolute atomic E-state index is 11.4. The number of rotatable bonds is 7. The van der Waals surface area contributed by atoms with Crippen molar-refractivity contribution in [1.82, 2.24) is 9.69 Å². The molecule has 1 saturated carbocycles. The quantitative estimate of drug-likeness (QED) is 0.661. The fraction of sp³-hybridized carbons (Fsp3) is 0.583. The summed E-state index contributed by atoms with van der Waals surface area (Å²) in [5, 5.41) is 15.6. The first kappa shape index (κ1) is 13.8. The first-order valence-corrected chi connectivity index (χ1v) is 7.08. The van der Waals surface area contributed by atoms with Gasteiger partial charge >= 0.3 is 5.97 Å². The fourth-order valence-corrected chi connectivity index (χ4v) is 2.53. The summed E-state index contributed by atoms with van der Waals surface area (Å²) >= 11 is 1.14. The lowest BCUT2D eigenvalue weighted by Crippen LogP contribution is -2.25. The van der Waals surface area contributed by atoms with E-state index >= 15 is 0 Å². The molecule has 104 valence electrons. The standard InChI is InChI=1S/C12H17N3O3S/c1-7-10(12(17)18)11(19-15-7)13-6-2-3-9(16)14-8-4-5-8/h8,13H,2-6H2,1H3,(H,14,16)(H,17,18). The number of carbonyl (C=O) groups excluding carboxylic acids is 1. The zero-order chi connectivity index (χ0) is 13.8. The fourth-order valence-electron chi connectivity index (χ4n) is 1.72. The third kappa shape index (κ3) is 3.92. The van der Waals surface area contributed by atoms with Gasteiger partial charge in [0, 0.05) is 19.0 Å². The second-order valence-corrected chi connectivity index (χ2v) is 5.42. The van der Waals surface area contributed by atoms with Crippen molar-refractivity contribution in [2.75, 3.05) is 11.9 Å². The number of hydrogen-bond donors (Lipinski definition) is 3. The van der Waals surface area contributed by atoms with Gasteiger partial charge in [0.25, 0.3) is 0 Å². The highest BCUT2D eigenvalue weighted by Gasteiger charge is 2.22. The summed E-state index contributed by atoms with van der Waals surface area (Å²) in [6.07, 6.45) is 3.32. The Morgan fingerprint density at radius 1 is 1.47 bits per heavy atom. The molecule has 7 heteroatoms. The molecule has 0 radical (unpaired) electrons. The van der Waals surface area contributed by atoms with Crippen LogP contribution in [0.5, 0.6) is 0 Å². The van der Waals surface area contributed by atoms with Crippen LogP contribution in [0.3, 0.4) is 0 Å². The molecule has 1 aliphatic rings. The minimum atomic E-state index is -0.972. The third-order valence-electron chi connectivity index (χ3n) is 2.89. The van der Waals surface area contributed by atoms with E-state index in [0.717, 1.165) is 24.4 Å². The van der Waals surface area contributed by atoms with Crippen molar-refractivity contribution in [3.05, 3.63) is 11.3 Å². The van der Waals surface area contributed by atoms with Crippen molar-refractivity contribution in [2.24, 2.45) is 0 Å². The first-order valence-electron chi connectivity index (χ1n) is 6.30. The van der Waals surface area contributed by atoms with Crippen LogP contribution in [-0.2, 0) is 4.79 Å². The lowest BCUT2D eigenvalue weighted by molar-refractivity contribution is -0.121. The van der Waals surface area contributed by atoms with Gasteiger partial charge in [0.2, 0.25) is 5.91 Å². The van der Waals surface area contributed by atoms with Crippen LogP contribution in [0.25, 0.3) is 0 Å². The maximum Gasteiger partial charge on any atom is 0.340 e. The summed E-state index contributed by atoms with van der Waals surface area (Å²) in [7, 11) is 0. The molecule has 0 aromatic carbocycles. The van der Waals surface area contributed by atoms with Crippen LogP contribution in [0, 0.1) is 6.92 Å². The molecule has 1 aromatic rings. The number of nitrogens with zero attached hydrogens (tertiary/aromatic N) is 1. The number of hydrogen-bond acceptors (Lipinski definition) is 5. The lowest BCUT2D eigenvalue weighted by atomic mass is 10.2. The summed E-state index contributed by atoms with van der Waals surface area (Å²) < 4.78 is 4.02. The number of aryl methyl sites for hydroxylation is 1. The molecule has 0 unspecified atom stereocenters. The van der Waals surface area contributed by atoms with Crippen molar-refractivity contribution in [2.45, 2.75) is 38.6 Å². The summed E-state index contributed by atoms with van der Waals surface area (Å²) in [5.41, 5.74) is 0.749. The zero-order valence-electron chi connectivity index (χ0n) is 10.7. The maximum atomic E-state index is 11.4.